The zero-order valence-corrected chi connectivity index (χ0v) is 23.3. The Labute approximate surface area is 237 Å². The topological polar surface area (TPSA) is 137 Å². The van der Waals surface area contributed by atoms with Gasteiger partial charge in [0.1, 0.15) is 23.6 Å². The molecule has 0 saturated carbocycles. The summed E-state index contributed by atoms with van der Waals surface area (Å²) in [6.45, 7) is 9.30. The van der Waals surface area contributed by atoms with Gasteiger partial charge in [0.05, 0.1) is 36.4 Å². The summed E-state index contributed by atoms with van der Waals surface area (Å²) in [6.07, 6.45) is 1.56. The lowest BCUT2D eigenvalue weighted by molar-refractivity contribution is -0.115. The van der Waals surface area contributed by atoms with Gasteiger partial charge in [-0.1, -0.05) is 38.1 Å². The molecule has 0 atom stereocenters. The predicted octanol–water partition coefficient (Wildman–Crippen LogP) is 4.37. The quantitative estimate of drug-likeness (QED) is 0.315. The number of carbonyl (C=O) groups excluding carboxylic acids is 1. The molecule has 11 nitrogen and oxygen atoms in total. The van der Waals surface area contributed by atoms with Crippen molar-refractivity contribution in [1.82, 2.24) is 24.9 Å². The van der Waals surface area contributed by atoms with E-state index in [2.05, 4.69) is 37.5 Å². The Kier molecular flexibility index (Phi) is 6.88. The minimum atomic E-state index is -0.181. The Morgan fingerprint density at radius 1 is 1.00 bits per heavy atom. The monoisotopic (exact) mass is 552 g/mol. The smallest absolute Gasteiger partial charge is 0.230 e. The normalized spacial score (nSPS) is 14.0. The lowest BCUT2D eigenvalue weighted by atomic mass is 9.93. The van der Waals surface area contributed by atoms with Crippen LogP contribution in [0.2, 0.25) is 0 Å². The molecule has 1 saturated heterocycles. The van der Waals surface area contributed by atoms with Crippen molar-refractivity contribution in [2.24, 2.45) is 0 Å². The second-order valence-electron chi connectivity index (χ2n) is 11.1. The second kappa shape index (κ2) is 10.7. The molecular formula is C30H32N8O3. The molecule has 0 radical (unpaired) electrons. The number of amides is 1. The first kappa shape index (κ1) is 26.5. The van der Waals surface area contributed by atoms with Crippen molar-refractivity contribution in [3.05, 3.63) is 72.4 Å². The van der Waals surface area contributed by atoms with Crippen LogP contribution in [-0.4, -0.2) is 57.1 Å². The summed E-state index contributed by atoms with van der Waals surface area (Å²) < 4.78 is 12.6. The van der Waals surface area contributed by atoms with Gasteiger partial charge in [0, 0.05) is 41.5 Å². The van der Waals surface area contributed by atoms with E-state index in [1.54, 1.807) is 4.68 Å². The van der Waals surface area contributed by atoms with Crippen LogP contribution in [0.4, 0.5) is 17.2 Å². The number of morpholine rings is 1. The van der Waals surface area contributed by atoms with E-state index in [4.69, 9.17) is 20.1 Å². The van der Waals surface area contributed by atoms with Crippen molar-refractivity contribution in [3.8, 4) is 16.9 Å². The van der Waals surface area contributed by atoms with E-state index in [9.17, 15) is 4.79 Å². The molecule has 11 heteroatoms. The lowest BCUT2D eigenvalue weighted by Gasteiger charge is -2.28. The highest BCUT2D eigenvalue weighted by atomic mass is 16.5. The zero-order chi connectivity index (χ0) is 28.6. The van der Waals surface area contributed by atoms with Crippen LogP contribution in [0.5, 0.6) is 0 Å². The SMILES string of the molecule is CC(C)(C)c1cc(CC(=O)Nc2ccc(-n3nc(-c4ccc(N5CCOCC5)cc4)c4c(N)ncnc43)cc2)no1. The van der Waals surface area contributed by atoms with E-state index < -0.39 is 0 Å². The summed E-state index contributed by atoms with van der Waals surface area (Å²) in [5.41, 5.74) is 11.5. The van der Waals surface area contributed by atoms with Crippen molar-refractivity contribution in [2.45, 2.75) is 32.6 Å². The minimum absolute atomic E-state index is 0.120. The Balaban J connectivity index is 1.23. The minimum Gasteiger partial charge on any atom is -0.383 e. The number of nitrogen functional groups attached to an aromatic ring is 1. The van der Waals surface area contributed by atoms with Crippen molar-refractivity contribution in [2.75, 3.05) is 42.3 Å². The molecule has 0 aliphatic carbocycles. The Morgan fingerprint density at radius 3 is 2.39 bits per heavy atom. The summed E-state index contributed by atoms with van der Waals surface area (Å²) >= 11 is 0. The first-order chi connectivity index (χ1) is 19.8. The molecule has 6 rings (SSSR count). The average molecular weight is 553 g/mol. The van der Waals surface area contributed by atoms with E-state index in [0.717, 1.165) is 49.0 Å². The van der Waals surface area contributed by atoms with E-state index >= 15 is 0 Å². The summed E-state index contributed by atoms with van der Waals surface area (Å²) in [5.74, 6) is 0.923. The number of hydrogen-bond acceptors (Lipinski definition) is 9. The van der Waals surface area contributed by atoms with Gasteiger partial charge < -0.3 is 25.2 Å². The fourth-order valence-corrected chi connectivity index (χ4v) is 4.81. The number of ether oxygens (including phenoxy) is 1. The Bertz CT molecular complexity index is 1680. The third-order valence-electron chi connectivity index (χ3n) is 7.05. The van der Waals surface area contributed by atoms with Crippen molar-refractivity contribution < 1.29 is 14.1 Å². The van der Waals surface area contributed by atoms with Crippen molar-refractivity contribution in [3.63, 3.8) is 0 Å². The maximum absolute atomic E-state index is 12.6. The number of nitrogens with one attached hydrogen (secondary N) is 1. The van der Waals surface area contributed by atoms with Gasteiger partial charge in [-0.2, -0.15) is 5.10 Å². The van der Waals surface area contributed by atoms with E-state index in [0.29, 0.717) is 33.9 Å². The first-order valence-corrected chi connectivity index (χ1v) is 13.5. The van der Waals surface area contributed by atoms with Crippen molar-refractivity contribution in [1.29, 1.82) is 0 Å². The van der Waals surface area contributed by atoms with Gasteiger partial charge in [0.25, 0.3) is 0 Å². The fraction of sp³-hybridized carbons (Fsp3) is 0.300. The molecule has 0 spiro atoms. The number of rotatable bonds is 6. The van der Waals surface area contributed by atoms with Gasteiger partial charge in [-0.25, -0.2) is 14.6 Å². The average Bonchev–Trinajstić information content (AvgIpc) is 3.60. The molecule has 4 heterocycles. The summed E-state index contributed by atoms with van der Waals surface area (Å²) in [5, 5.41) is 12.5. The maximum Gasteiger partial charge on any atom is 0.230 e. The molecule has 1 amide bonds. The van der Waals surface area contributed by atoms with Crippen LogP contribution in [-0.2, 0) is 21.4 Å². The molecule has 41 heavy (non-hydrogen) atoms. The number of hydrogen-bond donors (Lipinski definition) is 2. The highest BCUT2D eigenvalue weighted by Gasteiger charge is 2.21. The number of benzene rings is 2. The predicted molar refractivity (Wildman–Crippen MR) is 157 cm³/mol. The van der Waals surface area contributed by atoms with Gasteiger partial charge in [0.2, 0.25) is 5.91 Å². The van der Waals surface area contributed by atoms with E-state index in [1.807, 2.05) is 63.2 Å². The van der Waals surface area contributed by atoms with Gasteiger partial charge in [-0.15, -0.1) is 0 Å². The highest BCUT2D eigenvalue weighted by Crippen LogP contribution is 2.33. The lowest BCUT2D eigenvalue weighted by Crippen LogP contribution is -2.36. The molecular weight excluding hydrogens is 520 g/mol. The van der Waals surface area contributed by atoms with Crippen LogP contribution in [0, 0.1) is 0 Å². The third kappa shape index (κ3) is 5.48. The largest absolute Gasteiger partial charge is 0.383 e. The number of anilines is 3. The third-order valence-corrected chi connectivity index (χ3v) is 7.05. The van der Waals surface area contributed by atoms with Crippen LogP contribution >= 0.6 is 0 Å². The van der Waals surface area contributed by atoms with Gasteiger partial charge >= 0.3 is 0 Å². The van der Waals surface area contributed by atoms with E-state index in [-0.39, 0.29) is 17.7 Å². The van der Waals surface area contributed by atoms with Crippen LogP contribution in [0.25, 0.3) is 28.0 Å². The molecule has 0 unspecified atom stereocenters. The van der Waals surface area contributed by atoms with Crippen LogP contribution in [0.3, 0.4) is 0 Å². The van der Waals surface area contributed by atoms with Gasteiger partial charge in [0.15, 0.2) is 5.65 Å². The molecule has 1 fully saturated rings. The Morgan fingerprint density at radius 2 is 1.71 bits per heavy atom. The fourth-order valence-electron chi connectivity index (χ4n) is 4.81. The number of fused-ring (bicyclic) bond motifs is 1. The van der Waals surface area contributed by atoms with Crippen molar-refractivity contribution >= 4 is 34.1 Å². The number of carbonyl (C=O) groups is 1. The number of aromatic nitrogens is 5. The van der Waals surface area contributed by atoms with E-state index in [1.165, 1.54) is 6.33 Å². The zero-order valence-electron chi connectivity index (χ0n) is 23.3. The molecule has 5 aromatic rings. The highest BCUT2D eigenvalue weighted by molar-refractivity contribution is 5.99. The number of nitrogens with two attached hydrogens (primary N) is 1. The number of nitrogens with zero attached hydrogens (tertiary/aromatic N) is 6. The standard InChI is InChI=1S/C30H32N8O3/c1-30(2,3)24-16-21(36-41-24)17-25(39)34-20-6-10-23(11-7-20)38-29-26(28(31)32-18-33-29)27(35-38)19-4-8-22(9-5-19)37-12-14-40-15-13-37/h4-11,16,18H,12-15,17H2,1-3H3,(H,34,39)(H2,31,32,33). The summed E-state index contributed by atoms with van der Waals surface area (Å²) in [6, 6.07) is 17.5. The summed E-state index contributed by atoms with van der Waals surface area (Å²) in [7, 11) is 0. The molecule has 1 aliphatic heterocycles. The maximum atomic E-state index is 12.6. The summed E-state index contributed by atoms with van der Waals surface area (Å²) in [4.78, 5) is 23.7. The first-order valence-electron chi connectivity index (χ1n) is 13.5. The molecule has 3 aromatic heterocycles. The molecule has 210 valence electrons. The van der Waals surface area contributed by atoms with Crippen LogP contribution in [0.1, 0.15) is 32.2 Å². The molecule has 2 aromatic carbocycles. The second-order valence-corrected chi connectivity index (χ2v) is 11.1. The molecule has 3 N–H and O–H groups in total. The molecule has 1 aliphatic rings. The molecule has 0 bridgehead atoms. The van der Waals surface area contributed by atoms with Crippen LogP contribution < -0.4 is 16.0 Å². The van der Waals surface area contributed by atoms with Crippen LogP contribution in [0.15, 0.2) is 65.4 Å². The van der Waals surface area contributed by atoms with Gasteiger partial charge in [-0.05, 0) is 36.4 Å². The Hall–Kier alpha value is -4.77. The van der Waals surface area contributed by atoms with Gasteiger partial charge in [-0.3, -0.25) is 4.79 Å².